The molecule has 0 N–H and O–H groups in total. The fraction of sp³-hybridized carbons (Fsp3) is 0.324. The van der Waals surface area contributed by atoms with Gasteiger partial charge in [-0.05, 0) is 30.5 Å². The lowest BCUT2D eigenvalue weighted by Crippen LogP contribution is -2.43. The van der Waals surface area contributed by atoms with E-state index in [1.165, 1.54) is 10.8 Å². The summed E-state index contributed by atoms with van der Waals surface area (Å²) in [5.41, 5.74) is 0.565. The molecular weight excluding hydrogens is 567 g/mol. The van der Waals surface area contributed by atoms with Crippen molar-refractivity contribution in [1.29, 1.82) is 0 Å². The second kappa shape index (κ2) is 13.8. The van der Waals surface area contributed by atoms with Crippen LogP contribution in [0.2, 0.25) is 0 Å². The Hall–Kier alpha value is -4.54. The van der Waals surface area contributed by atoms with Crippen LogP contribution in [0.25, 0.3) is 0 Å². The van der Waals surface area contributed by atoms with E-state index in [4.69, 9.17) is 18.9 Å². The molecule has 4 aromatic rings. The molecule has 3 atom stereocenters. The van der Waals surface area contributed by atoms with Crippen molar-refractivity contribution in [2.24, 2.45) is 0 Å². The molecule has 0 amide bonds. The van der Waals surface area contributed by atoms with Crippen LogP contribution in [0.4, 0.5) is 9.18 Å². The number of hydrogen-bond acceptors (Lipinski definition) is 7. The molecule has 10 heteroatoms. The van der Waals surface area contributed by atoms with Crippen molar-refractivity contribution in [2.45, 2.75) is 50.9 Å². The molecule has 44 heavy (non-hydrogen) atoms. The highest BCUT2D eigenvalue weighted by Gasteiger charge is 2.42. The van der Waals surface area contributed by atoms with Crippen LogP contribution >= 0.6 is 0 Å². The summed E-state index contributed by atoms with van der Waals surface area (Å²) in [5.74, 6) is 0. The molecule has 1 aliphatic rings. The van der Waals surface area contributed by atoms with Crippen molar-refractivity contribution in [2.75, 3.05) is 19.8 Å². The zero-order valence-corrected chi connectivity index (χ0v) is 24.6. The average Bonchev–Trinajstić information content (AvgIpc) is 3.42. The predicted octanol–water partition coefficient (Wildman–Crippen LogP) is 5.13. The van der Waals surface area contributed by atoms with Gasteiger partial charge in [-0.3, -0.25) is 13.9 Å². The lowest BCUT2D eigenvalue weighted by Gasteiger charge is -2.36. The molecule has 0 bridgehead atoms. The van der Waals surface area contributed by atoms with Gasteiger partial charge in [-0.2, -0.15) is 0 Å². The first kappa shape index (κ1) is 30.9. The van der Waals surface area contributed by atoms with Crippen molar-refractivity contribution < 1.29 is 28.1 Å². The summed E-state index contributed by atoms with van der Waals surface area (Å²) in [7, 11) is 0. The number of carbonyl (C=O) groups excluding carboxylic acids is 1. The second-order valence-corrected chi connectivity index (χ2v) is 10.5. The molecule has 230 valence electrons. The fourth-order valence-electron chi connectivity index (χ4n) is 5.53. The smallest absolute Gasteiger partial charge is 0.435 e. The van der Waals surface area contributed by atoms with E-state index in [-0.39, 0.29) is 38.3 Å². The number of rotatable bonds is 11. The SMILES string of the molecule is CCOC(=O)OCCn1c(=O)c(C)cn([C@H]2CC(F)[C@@H](COC(c3ccccc3)(c3ccccc3)c3ccccc3)O2)c1=O. The van der Waals surface area contributed by atoms with Crippen LogP contribution in [0.15, 0.2) is 107 Å². The third-order valence-electron chi connectivity index (χ3n) is 7.64. The van der Waals surface area contributed by atoms with Crippen LogP contribution in [-0.4, -0.2) is 47.4 Å². The molecule has 0 saturated carbocycles. The molecule has 0 aliphatic carbocycles. The van der Waals surface area contributed by atoms with Gasteiger partial charge in [0.05, 0.1) is 19.8 Å². The summed E-state index contributed by atoms with van der Waals surface area (Å²) in [5, 5.41) is 0. The molecule has 1 fully saturated rings. The molecule has 2 heterocycles. The van der Waals surface area contributed by atoms with E-state index >= 15 is 4.39 Å². The fourth-order valence-corrected chi connectivity index (χ4v) is 5.53. The molecule has 3 aromatic carbocycles. The standard InChI is InChI=1S/C34H35FN2O7/c1-3-41-33(40)42-20-19-36-31(38)24(2)22-37(32(36)39)30-21-28(35)29(44-30)23-43-34(25-13-7-4-8-14-25,26-15-9-5-10-16-26)27-17-11-6-12-18-27/h4-18,22,28-30H,3,19-21,23H2,1-2H3/t28?,29-,30-/m1/s1. The summed E-state index contributed by atoms with van der Waals surface area (Å²) >= 11 is 0. The molecule has 1 unspecified atom stereocenters. The largest absolute Gasteiger partial charge is 0.508 e. The average molecular weight is 603 g/mol. The van der Waals surface area contributed by atoms with Crippen LogP contribution in [0.1, 0.15) is 41.8 Å². The number of hydrogen-bond donors (Lipinski definition) is 0. The number of nitrogens with zero attached hydrogens (tertiary/aromatic N) is 2. The van der Waals surface area contributed by atoms with Gasteiger partial charge in [0, 0.05) is 18.2 Å². The van der Waals surface area contributed by atoms with E-state index in [2.05, 4.69) is 0 Å². The number of alkyl halides is 1. The highest BCUT2D eigenvalue weighted by Crippen LogP contribution is 2.41. The number of carbonyl (C=O) groups is 1. The quantitative estimate of drug-likeness (QED) is 0.174. The molecular formula is C34H35FN2O7. The zero-order chi connectivity index (χ0) is 31.1. The number of benzene rings is 3. The minimum Gasteiger partial charge on any atom is -0.435 e. The van der Waals surface area contributed by atoms with Crippen molar-refractivity contribution in [3.63, 3.8) is 0 Å². The highest BCUT2D eigenvalue weighted by atomic mass is 19.1. The summed E-state index contributed by atoms with van der Waals surface area (Å²) in [6.07, 6.45) is -3.04. The molecule has 1 saturated heterocycles. The first-order valence-electron chi connectivity index (χ1n) is 14.6. The number of halogens is 1. The van der Waals surface area contributed by atoms with Gasteiger partial charge in [-0.25, -0.2) is 14.0 Å². The van der Waals surface area contributed by atoms with Crippen LogP contribution in [0.5, 0.6) is 0 Å². The topological polar surface area (TPSA) is 98.0 Å². The maximum atomic E-state index is 15.6. The van der Waals surface area contributed by atoms with Gasteiger partial charge in [0.15, 0.2) is 0 Å². The van der Waals surface area contributed by atoms with Crippen molar-refractivity contribution in [3.05, 3.63) is 140 Å². The van der Waals surface area contributed by atoms with Gasteiger partial charge >= 0.3 is 11.8 Å². The van der Waals surface area contributed by atoms with Crippen LogP contribution < -0.4 is 11.2 Å². The minimum atomic E-state index is -1.44. The maximum Gasteiger partial charge on any atom is 0.508 e. The monoisotopic (exact) mass is 602 g/mol. The Kier molecular flexibility index (Phi) is 9.72. The number of ether oxygens (including phenoxy) is 4. The van der Waals surface area contributed by atoms with Gasteiger partial charge in [-0.1, -0.05) is 91.0 Å². The van der Waals surface area contributed by atoms with E-state index in [9.17, 15) is 14.4 Å². The molecule has 1 aliphatic heterocycles. The Morgan fingerprint density at radius 1 is 0.909 bits per heavy atom. The Morgan fingerprint density at radius 2 is 1.45 bits per heavy atom. The summed E-state index contributed by atoms with van der Waals surface area (Å²) in [4.78, 5) is 37.6. The van der Waals surface area contributed by atoms with E-state index in [1.807, 2.05) is 91.0 Å². The van der Waals surface area contributed by atoms with Crippen molar-refractivity contribution in [1.82, 2.24) is 9.13 Å². The third-order valence-corrected chi connectivity index (χ3v) is 7.64. The van der Waals surface area contributed by atoms with E-state index < -0.39 is 41.5 Å². The molecule has 0 radical (unpaired) electrons. The third kappa shape index (κ3) is 6.36. The van der Waals surface area contributed by atoms with Gasteiger partial charge in [0.25, 0.3) is 5.56 Å². The number of aromatic nitrogens is 2. The van der Waals surface area contributed by atoms with E-state index in [0.717, 1.165) is 21.3 Å². The zero-order valence-electron chi connectivity index (χ0n) is 24.6. The number of aryl methyl sites for hydroxylation is 1. The van der Waals surface area contributed by atoms with Gasteiger partial charge in [-0.15, -0.1) is 0 Å². The van der Waals surface area contributed by atoms with Crippen molar-refractivity contribution in [3.8, 4) is 0 Å². The van der Waals surface area contributed by atoms with Crippen LogP contribution in [0, 0.1) is 6.92 Å². The van der Waals surface area contributed by atoms with E-state index in [1.54, 1.807) is 13.8 Å². The second-order valence-electron chi connectivity index (χ2n) is 10.5. The first-order valence-corrected chi connectivity index (χ1v) is 14.6. The predicted molar refractivity (Wildman–Crippen MR) is 161 cm³/mol. The van der Waals surface area contributed by atoms with Gasteiger partial charge < -0.3 is 18.9 Å². The summed E-state index contributed by atoms with van der Waals surface area (Å²) in [6, 6.07) is 29.2. The van der Waals surface area contributed by atoms with Crippen LogP contribution in [-0.2, 0) is 31.1 Å². The van der Waals surface area contributed by atoms with Gasteiger partial charge in [0.1, 0.15) is 30.7 Å². The summed E-state index contributed by atoms with van der Waals surface area (Å²) < 4.78 is 40.3. The molecule has 9 nitrogen and oxygen atoms in total. The molecule has 0 spiro atoms. The molecule has 1 aromatic heterocycles. The van der Waals surface area contributed by atoms with E-state index in [0.29, 0.717) is 0 Å². The Morgan fingerprint density at radius 3 is 1.98 bits per heavy atom. The lowest BCUT2D eigenvalue weighted by atomic mass is 9.80. The molecule has 5 rings (SSSR count). The maximum absolute atomic E-state index is 15.6. The van der Waals surface area contributed by atoms with Gasteiger partial charge in [0.2, 0.25) is 0 Å². The highest BCUT2D eigenvalue weighted by molar-refractivity contribution is 5.59. The first-order chi connectivity index (χ1) is 21.3. The summed E-state index contributed by atoms with van der Waals surface area (Å²) in [6.45, 7) is 2.77. The van der Waals surface area contributed by atoms with Crippen LogP contribution in [0.3, 0.4) is 0 Å². The normalized spacial score (nSPS) is 18.2. The Bertz CT molecular complexity index is 1560. The minimum absolute atomic E-state index is 0.111. The Labute approximate surface area is 254 Å². The van der Waals surface area contributed by atoms with Crippen molar-refractivity contribution >= 4 is 6.16 Å². The lowest BCUT2D eigenvalue weighted by molar-refractivity contribution is -0.0871. The Balaban J connectivity index is 1.42.